The number of carbonyl (C=O) groups excluding carboxylic acids is 1. The number of para-hydroxylation sites is 1. The van der Waals surface area contributed by atoms with Crippen molar-refractivity contribution in [1.82, 2.24) is 5.32 Å². The van der Waals surface area contributed by atoms with Crippen LogP contribution in [0.2, 0.25) is 0 Å². The summed E-state index contributed by atoms with van der Waals surface area (Å²) >= 11 is 0. The summed E-state index contributed by atoms with van der Waals surface area (Å²) in [7, 11) is -3.85. The van der Waals surface area contributed by atoms with Crippen LogP contribution in [0, 0.1) is 0 Å². The molecule has 140 valence electrons. The van der Waals surface area contributed by atoms with Crippen LogP contribution >= 0.6 is 0 Å². The van der Waals surface area contributed by atoms with E-state index in [-0.39, 0.29) is 22.1 Å². The molecule has 0 bridgehead atoms. The molecule has 0 saturated carbocycles. The van der Waals surface area contributed by atoms with Crippen molar-refractivity contribution in [2.24, 2.45) is 0 Å². The van der Waals surface area contributed by atoms with Crippen LogP contribution in [-0.4, -0.2) is 14.3 Å². The highest BCUT2D eigenvalue weighted by Crippen LogP contribution is 2.20. The second kappa shape index (κ2) is 9.54. The van der Waals surface area contributed by atoms with E-state index in [0.29, 0.717) is 6.54 Å². The molecule has 0 aliphatic carbocycles. The zero-order valence-electron chi connectivity index (χ0n) is 15.1. The third kappa shape index (κ3) is 5.69. The largest absolute Gasteiger partial charge is 0.348 e. The zero-order valence-corrected chi connectivity index (χ0v) is 15.9. The summed E-state index contributed by atoms with van der Waals surface area (Å²) in [6, 6.07) is 15.9. The van der Waals surface area contributed by atoms with E-state index in [2.05, 4.69) is 16.6 Å². The number of carbonyl (C=O) groups is 1. The summed E-state index contributed by atoms with van der Waals surface area (Å²) in [5, 5.41) is 2.80. The van der Waals surface area contributed by atoms with Gasteiger partial charge in [-0.2, -0.15) is 0 Å². The van der Waals surface area contributed by atoms with E-state index >= 15 is 0 Å². The Balaban J connectivity index is 2.23. The number of anilines is 1. The third-order valence-corrected chi connectivity index (χ3v) is 5.02. The molecular formula is C21H22N2O3S. The minimum Gasteiger partial charge on any atom is -0.348 e. The van der Waals surface area contributed by atoms with Gasteiger partial charge in [-0.1, -0.05) is 61.2 Å². The first-order valence-electron chi connectivity index (χ1n) is 8.37. The van der Waals surface area contributed by atoms with Gasteiger partial charge in [0.05, 0.1) is 16.2 Å². The lowest BCUT2D eigenvalue weighted by molar-refractivity contribution is 0.0952. The van der Waals surface area contributed by atoms with Gasteiger partial charge in [0.15, 0.2) is 0 Å². The lowest BCUT2D eigenvalue weighted by Gasteiger charge is -2.13. The SMILES string of the molecule is C=C/C=C(\C=C/C)S(=O)(=O)Nc1ccccc1C(=O)NCc1ccccc1. The van der Waals surface area contributed by atoms with Crippen LogP contribution in [0.5, 0.6) is 0 Å². The molecule has 0 spiro atoms. The van der Waals surface area contributed by atoms with E-state index in [9.17, 15) is 13.2 Å². The number of rotatable bonds is 8. The predicted octanol–water partition coefficient (Wildman–Crippen LogP) is 4.00. The first-order chi connectivity index (χ1) is 13.0. The molecule has 0 aliphatic heterocycles. The molecule has 0 aromatic heterocycles. The van der Waals surface area contributed by atoms with Gasteiger partial charge in [0.2, 0.25) is 0 Å². The van der Waals surface area contributed by atoms with Gasteiger partial charge in [-0.15, -0.1) is 0 Å². The molecular weight excluding hydrogens is 360 g/mol. The topological polar surface area (TPSA) is 75.3 Å². The number of benzene rings is 2. The van der Waals surface area contributed by atoms with Crippen molar-refractivity contribution in [2.75, 3.05) is 4.72 Å². The average Bonchev–Trinajstić information content (AvgIpc) is 2.67. The van der Waals surface area contributed by atoms with Crippen LogP contribution in [-0.2, 0) is 16.6 Å². The first-order valence-corrected chi connectivity index (χ1v) is 9.85. The second-order valence-corrected chi connectivity index (χ2v) is 7.31. The van der Waals surface area contributed by atoms with Crippen molar-refractivity contribution >= 4 is 21.6 Å². The van der Waals surface area contributed by atoms with Gasteiger partial charge in [0, 0.05) is 6.54 Å². The van der Waals surface area contributed by atoms with E-state index < -0.39 is 10.0 Å². The maximum atomic E-state index is 12.6. The van der Waals surface area contributed by atoms with Crippen LogP contribution < -0.4 is 10.0 Å². The fourth-order valence-electron chi connectivity index (χ4n) is 2.36. The quantitative estimate of drug-likeness (QED) is 0.678. The number of sulfonamides is 1. The average molecular weight is 382 g/mol. The van der Waals surface area contributed by atoms with Crippen molar-refractivity contribution in [2.45, 2.75) is 13.5 Å². The van der Waals surface area contributed by atoms with E-state index in [1.54, 1.807) is 37.3 Å². The number of hydrogen-bond donors (Lipinski definition) is 2. The summed E-state index contributed by atoms with van der Waals surface area (Å²) < 4.78 is 27.7. The van der Waals surface area contributed by atoms with Crippen LogP contribution in [0.4, 0.5) is 5.69 Å². The Morgan fingerprint density at radius 1 is 1.07 bits per heavy atom. The lowest BCUT2D eigenvalue weighted by Crippen LogP contribution is -2.25. The molecule has 27 heavy (non-hydrogen) atoms. The number of nitrogens with one attached hydrogen (secondary N) is 2. The minimum atomic E-state index is -3.85. The molecule has 0 saturated heterocycles. The van der Waals surface area contributed by atoms with E-state index in [1.165, 1.54) is 18.2 Å². The van der Waals surface area contributed by atoms with Gasteiger partial charge in [-0.25, -0.2) is 8.42 Å². The Labute approximate surface area is 160 Å². The number of allylic oxidation sites excluding steroid dienone is 4. The summed E-state index contributed by atoms with van der Waals surface area (Å²) in [5.41, 5.74) is 1.41. The van der Waals surface area contributed by atoms with Crippen molar-refractivity contribution in [3.8, 4) is 0 Å². The van der Waals surface area contributed by atoms with Crippen molar-refractivity contribution in [3.63, 3.8) is 0 Å². The summed E-state index contributed by atoms with van der Waals surface area (Å²) in [6.45, 7) is 5.60. The molecule has 0 radical (unpaired) electrons. The minimum absolute atomic E-state index is 0.0551. The Hall–Kier alpha value is -3.12. The fraction of sp³-hybridized carbons (Fsp3) is 0.0952. The maximum absolute atomic E-state index is 12.6. The van der Waals surface area contributed by atoms with Gasteiger partial charge < -0.3 is 5.32 Å². The molecule has 2 N–H and O–H groups in total. The zero-order chi connectivity index (χ0) is 19.7. The van der Waals surface area contributed by atoms with Crippen LogP contribution in [0.25, 0.3) is 0 Å². The predicted molar refractivity (Wildman–Crippen MR) is 110 cm³/mol. The summed E-state index contributed by atoms with van der Waals surface area (Å²) in [5.74, 6) is -0.363. The van der Waals surface area contributed by atoms with Crippen LogP contribution in [0.3, 0.4) is 0 Å². The van der Waals surface area contributed by atoms with Crippen molar-refractivity contribution < 1.29 is 13.2 Å². The molecule has 5 nitrogen and oxygen atoms in total. The van der Waals surface area contributed by atoms with E-state index in [1.807, 2.05) is 30.3 Å². The Kier molecular flexibility index (Phi) is 7.14. The Morgan fingerprint density at radius 3 is 2.41 bits per heavy atom. The van der Waals surface area contributed by atoms with Crippen LogP contribution in [0.15, 0.2) is 90.4 Å². The van der Waals surface area contributed by atoms with Gasteiger partial charge in [-0.3, -0.25) is 9.52 Å². The maximum Gasteiger partial charge on any atom is 0.261 e. The van der Waals surface area contributed by atoms with Crippen molar-refractivity contribution in [3.05, 3.63) is 102 Å². The molecule has 0 atom stereocenters. The van der Waals surface area contributed by atoms with Gasteiger partial charge >= 0.3 is 0 Å². The molecule has 2 rings (SSSR count). The molecule has 2 aromatic rings. The van der Waals surface area contributed by atoms with Crippen LogP contribution in [0.1, 0.15) is 22.8 Å². The summed E-state index contributed by atoms with van der Waals surface area (Å²) in [4.78, 5) is 12.6. The Bertz CT molecular complexity index is 962. The smallest absolute Gasteiger partial charge is 0.261 e. The summed E-state index contributed by atoms with van der Waals surface area (Å²) in [6.07, 6.45) is 5.86. The van der Waals surface area contributed by atoms with Crippen molar-refractivity contribution in [1.29, 1.82) is 0 Å². The number of hydrogen-bond acceptors (Lipinski definition) is 3. The normalized spacial score (nSPS) is 12.0. The fourth-order valence-corrected chi connectivity index (χ4v) is 3.54. The standard InChI is InChI=1S/C21H22N2O3S/c1-3-10-18(11-4-2)27(25,26)23-20-15-9-8-14-19(20)21(24)22-16-17-12-6-5-7-13-17/h3-15,23H,1,16H2,2H3,(H,22,24)/b11-4-,18-10+. The monoisotopic (exact) mass is 382 g/mol. The molecule has 0 aliphatic rings. The lowest BCUT2D eigenvalue weighted by atomic mass is 10.1. The highest BCUT2D eigenvalue weighted by atomic mass is 32.2. The van der Waals surface area contributed by atoms with E-state index in [0.717, 1.165) is 5.56 Å². The molecule has 0 heterocycles. The molecule has 1 amide bonds. The molecule has 0 unspecified atom stereocenters. The highest BCUT2D eigenvalue weighted by molar-refractivity contribution is 7.96. The first kappa shape index (κ1) is 20.2. The van der Waals surface area contributed by atoms with Gasteiger partial charge in [-0.05, 0) is 36.8 Å². The third-order valence-electron chi connectivity index (χ3n) is 3.64. The number of amides is 1. The molecule has 6 heteroatoms. The van der Waals surface area contributed by atoms with E-state index in [4.69, 9.17) is 0 Å². The highest BCUT2D eigenvalue weighted by Gasteiger charge is 2.19. The van der Waals surface area contributed by atoms with Gasteiger partial charge in [0.1, 0.15) is 0 Å². The molecule has 0 fully saturated rings. The molecule has 2 aromatic carbocycles. The van der Waals surface area contributed by atoms with Gasteiger partial charge in [0.25, 0.3) is 15.9 Å². The second-order valence-electron chi connectivity index (χ2n) is 5.62. The Morgan fingerprint density at radius 2 is 1.74 bits per heavy atom.